The third kappa shape index (κ3) is 2.80. The molecule has 0 spiro atoms. The summed E-state index contributed by atoms with van der Waals surface area (Å²) in [5.74, 6) is -2.13. The number of fused-ring (bicyclic) bond motifs is 1. The first-order valence-corrected chi connectivity index (χ1v) is 7.95. The predicted molar refractivity (Wildman–Crippen MR) is 89.4 cm³/mol. The minimum absolute atomic E-state index is 0.229. The molecule has 0 radical (unpaired) electrons. The summed E-state index contributed by atoms with van der Waals surface area (Å²) in [5.41, 5.74) is 3.13. The second kappa shape index (κ2) is 6.87. The molecule has 3 rings (SSSR count). The Morgan fingerprint density at radius 1 is 0.875 bits per heavy atom. The van der Waals surface area contributed by atoms with Crippen LogP contribution in [0.15, 0.2) is 54.6 Å². The van der Waals surface area contributed by atoms with Gasteiger partial charge in [0.05, 0.1) is 26.1 Å². The van der Waals surface area contributed by atoms with Gasteiger partial charge in [0, 0.05) is 5.92 Å². The molecule has 0 fully saturated rings. The summed E-state index contributed by atoms with van der Waals surface area (Å²) in [4.78, 5) is 24.9. The van der Waals surface area contributed by atoms with Crippen LogP contribution in [-0.2, 0) is 25.5 Å². The van der Waals surface area contributed by atoms with Crippen molar-refractivity contribution in [3.8, 4) is 0 Å². The number of carbonyl (C=O) groups excluding carboxylic acids is 2. The van der Waals surface area contributed by atoms with Crippen LogP contribution in [0.5, 0.6) is 0 Å². The number of esters is 2. The molecule has 0 unspecified atom stereocenters. The predicted octanol–water partition coefficient (Wildman–Crippen LogP) is 2.95. The van der Waals surface area contributed by atoms with Crippen LogP contribution in [0.4, 0.5) is 0 Å². The maximum Gasteiger partial charge on any atom is 0.310 e. The van der Waals surface area contributed by atoms with Gasteiger partial charge in [0.25, 0.3) is 0 Å². The van der Waals surface area contributed by atoms with E-state index >= 15 is 0 Å². The molecule has 2 aromatic rings. The molecule has 0 saturated heterocycles. The standard InChI is InChI=1S/C20H20O4/c1-23-19(21)16-12-14-10-6-7-11-15(14)17(18(16)20(22)24-2)13-8-4-3-5-9-13/h3-11,16-18H,12H2,1-2H3/t16-,17+,18+/m1/s1. The largest absolute Gasteiger partial charge is 0.469 e. The molecule has 4 heteroatoms. The average Bonchev–Trinajstić information content (AvgIpc) is 2.65. The van der Waals surface area contributed by atoms with E-state index in [1.807, 2.05) is 54.6 Å². The summed E-state index contributed by atoms with van der Waals surface area (Å²) in [6.45, 7) is 0. The molecule has 0 heterocycles. The van der Waals surface area contributed by atoms with Crippen molar-refractivity contribution in [1.29, 1.82) is 0 Å². The fourth-order valence-corrected chi connectivity index (χ4v) is 3.68. The molecule has 3 atom stereocenters. The molecule has 0 aromatic heterocycles. The number of benzene rings is 2. The molecule has 0 amide bonds. The second-order valence-corrected chi connectivity index (χ2v) is 5.97. The van der Waals surface area contributed by atoms with Crippen LogP contribution in [0.2, 0.25) is 0 Å². The quantitative estimate of drug-likeness (QED) is 0.815. The number of ether oxygens (including phenoxy) is 2. The van der Waals surface area contributed by atoms with Gasteiger partial charge < -0.3 is 9.47 Å². The van der Waals surface area contributed by atoms with Crippen molar-refractivity contribution >= 4 is 11.9 Å². The fourth-order valence-electron chi connectivity index (χ4n) is 3.68. The average molecular weight is 324 g/mol. The minimum atomic E-state index is -0.597. The molecular formula is C20H20O4. The van der Waals surface area contributed by atoms with Crippen LogP contribution in [0, 0.1) is 11.8 Å². The van der Waals surface area contributed by atoms with Crippen LogP contribution < -0.4 is 0 Å². The Kier molecular flexibility index (Phi) is 4.65. The number of hydrogen-bond donors (Lipinski definition) is 0. The van der Waals surface area contributed by atoms with E-state index in [1.165, 1.54) is 14.2 Å². The third-order valence-electron chi connectivity index (χ3n) is 4.76. The number of rotatable bonds is 3. The highest BCUT2D eigenvalue weighted by atomic mass is 16.5. The first kappa shape index (κ1) is 16.2. The van der Waals surface area contributed by atoms with Crippen molar-refractivity contribution in [3.05, 3.63) is 71.3 Å². The van der Waals surface area contributed by atoms with E-state index < -0.39 is 11.8 Å². The maximum absolute atomic E-state index is 12.6. The van der Waals surface area contributed by atoms with Gasteiger partial charge in [0.15, 0.2) is 0 Å². The van der Waals surface area contributed by atoms with Gasteiger partial charge in [-0.1, -0.05) is 54.6 Å². The smallest absolute Gasteiger partial charge is 0.310 e. The van der Waals surface area contributed by atoms with Crippen molar-refractivity contribution in [2.75, 3.05) is 14.2 Å². The highest BCUT2D eigenvalue weighted by Crippen LogP contribution is 2.44. The van der Waals surface area contributed by atoms with Crippen LogP contribution in [0.1, 0.15) is 22.6 Å². The summed E-state index contributed by atoms with van der Waals surface area (Å²) in [5, 5.41) is 0. The molecule has 0 aliphatic heterocycles. The van der Waals surface area contributed by atoms with Gasteiger partial charge in [0.2, 0.25) is 0 Å². The summed E-state index contributed by atoms with van der Waals surface area (Å²) in [6.07, 6.45) is 0.478. The Balaban J connectivity index is 2.19. The van der Waals surface area contributed by atoms with E-state index in [0.717, 1.165) is 16.7 Å². The van der Waals surface area contributed by atoms with Crippen LogP contribution >= 0.6 is 0 Å². The van der Waals surface area contributed by atoms with Gasteiger partial charge in [-0.3, -0.25) is 9.59 Å². The van der Waals surface area contributed by atoms with E-state index in [4.69, 9.17) is 9.47 Å². The number of methoxy groups -OCH3 is 2. The monoisotopic (exact) mass is 324 g/mol. The van der Waals surface area contributed by atoms with E-state index in [9.17, 15) is 9.59 Å². The lowest BCUT2D eigenvalue weighted by atomic mass is 9.66. The molecule has 1 aliphatic rings. The van der Waals surface area contributed by atoms with Crippen molar-refractivity contribution < 1.29 is 19.1 Å². The zero-order valence-electron chi connectivity index (χ0n) is 13.8. The Morgan fingerprint density at radius 3 is 2.17 bits per heavy atom. The van der Waals surface area contributed by atoms with Crippen molar-refractivity contribution in [2.24, 2.45) is 11.8 Å². The molecular weight excluding hydrogens is 304 g/mol. The maximum atomic E-state index is 12.6. The Morgan fingerprint density at radius 2 is 1.50 bits per heavy atom. The third-order valence-corrected chi connectivity index (χ3v) is 4.76. The second-order valence-electron chi connectivity index (χ2n) is 5.97. The fraction of sp³-hybridized carbons (Fsp3) is 0.300. The minimum Gasteiger partial charge on any atom is -0.469 e. The van der Waals surface area contributed by atoms with Crippen molar-refractivity contribution in [3.63, 3.8) is 0 Å². The normalized spacial score (nSPS) is 22.3. The van der Waals surface area contributed by atoms with Crippen molar-refractivity contribution in [2.45, 2.75) is 12.3 Å². The van der Waals surface area contributed by atoms with E-state index in [-0.39, 0.29) is 17.9 Å². The Hall–Kier alpha value is -2.62. The summed E-state index contributed by atoms with van der Waals surface area (Å²) < 4.78 is 10.0. The zero-order valence-corrected chi connectivity index (χ0v) is 13.8. The van der Waals surface area contributed by atoms with Gasteiger partial charge in [-0.05, 0) is 23.1 Å². The van der Waals surface area contributed by atoms with Crippen LogP contribution in [0.25, 0.3) is 0 Å². The summed E-state index contributed by atoms with van der Waals surface area (Å²) >= 11 is 0. The lowest BCUT2D eigenvalue weighted by Gasteiger charge is -2.37. The van der Waals surface area contributed by atoms with Crippen molar-refractivity contribution in [1.82, 2.24) is 0 Å². The molecule has 1 aliphatic carbocycles. The first-order chi connectivity index (χ1) is 11.7. The first-order valence-electron chi connectivity index (χ1n) is 7.95. The zero-order chi connectivity index (χ0) is 17.1. The highest BCUT2D eigenvalue weighted by molar-refractivity contribution is 5.84. The molecule has 124 valence electrons. The number of carbonyl (C=O) groups is 2. The number of hydrogen-bond acceptors (Lipinski definition) is 4. The highest BCUT2D eigenvalue weighted by Gasteiger charge is 2.46. The molecule has 0 N–H and O–H groups in total. The topological polar surface area (TPSA) is 52.6 Å². The molecule has 0 saturated carbocycles. The SMILES string of the molecule is COC(=O)[C@@H]1[C@@H](c2ccccc2)c2ccccc2C[C@H]1C(=O)OC. The molecule has 24 heavy (non-hydrogen) atoms. The van der Waals surface area contributed by atoms with Gasteiger partial charge >= 0.3 is 11.9 Å². The Bertz CT molecular complexity index is 738. The van der Waals surface area contributed by atoms with E-state index in [1.54, 1.807) is 0 Å². The Labute approximate surface area is 141 Å². The molecule has 0 bridgehead atoms. The lowest BCUT2D eigenvalue weighted by molar-refractivity contribution is -0.158. The molecule has 4 nitrogen and oxygen atoms in total. The van der Waals surface area contributed by atoms with E-state index in [2.05, 4.69) is 0 Å². The van der Waals surface area contributed by atoms with Crippen LogP contribution in [-0.4, -0.2) is 26.2 Å². The van der Waals surface area contributed by atoms with Gasteiger partial charge in [-0.25, -0.2) is 0 Å². The van der Waals surface area contributed by atoms with Gasteiger partial charge in [-0.15, -0.1) is 0 Å². The lowest BCUT2D eigenvalue weighted by Crippen LogP contribution is -2.41. The van der Waals surface area contributed by atoms with Crippen LogP contribution in [0.3, 0.4) is 0 Å². The summed E-state index contributed by atoms with van der Waals surface area (Å²) in [6, 6.07) is 17.7. The molecule has 2 aromatic carbocycles. The summed E-state index contributed by atoms with van der Waals surface area (Å²) in [7, 11) is 2.72. The van der Waals surface area contributed by atoms with Gasteiger partial charge in [0.1, 0.15) is 0 Å². The van der Waals surface area contributed by atoms with E-state index in [0.29, 0.717) is 6.42 Å². The van der Waals surface area contributed by atoms with Gasteiger partial charge in [-0.2, -0.15) is 0 Å².